The Balaban J connectivity index is 2.15. The molecule has 0 radical (unpaired) electrons. The fraction of sp³-hybridized carbons (Fsp3) is 0.0625. The maximum Gasteiger partial charge on any atom is 0.115 e. The third kappa shape index (κ3) is 2.17. The van der Waals surface area contributed by atoms with Crippen LogP contribution in [0.1, 0.15) is 11.1 Å². The molecule has 0 saturated carbocycles. The van der Waals surface area contributed by atoms with E-state index in [1.165, 1.54) is 5.56 Å². The van der Waals surface area contributed by atoms with Gasteiger partial charge in [0, 0.05) is 12.4 Å². The SMILES string of the molecule is Oc1ccc(C2(c3ccccc3)C=NC=CS2)cc1. The van der Waals surface area contributed by atoms with E-state index in [0.717, 1.165) is 5.56 Å². The van der Waals surface area contributed by atoms with Crippen LogP contribution in [0.5, 0.6) is 5.75 Å². The van der Waals surface area contributed by atoms with Gasteiger partial charge in [-0.15, -0.1) is 11.8 Å². The lowest BCUT2D eigenvalue weighted by atomic mass is 9.91. The molecular weight excluding hydrogens is 254 g/mol. The van der Waals surface area contributed by atoms with Crippen molar-refractivity contribution in [1.29, 1.82) is 0 Å². The third-order valence-corrected chi connectivity index (χ3v) is 4.36. The average molecular weight is 267 g/mol. The van der Waals surface area contributed by atoms with E-state index >= 15 is 0 Å². The van der Waals surface area contributed by atoms with Gasteiger partial charge in [-0.25, -0.2) is 0 Å². The lowest BCUT2D eigenvalue weighted by Gasteiger charge is -2.30. The predicted octanol–water partition coefficient (Wildman–Crippen LogP) is 3.92. The standard InChI is InChI=1S/C16H13NOS/c18-15-8-6-14(7-9-15)16(12-17-10-11-19-16)13-4-2-1-3-5-13/h1-12,18H. The van der Waals surface area contributed by atoms with Gasteiger partial charge in [0.05, 0.1) is 0 Å². The largest absolute Gasteiger partial charge is 0.508 e. The molecule has 0 saturated heterocycles. The molecule has 3 rings (SSSR count). The van der Waals surface area contributed by atoms with Gasteiger partial charge in [0.2, 0.25) is 0 Å². The van der Waals surface area contributed by atoms with E-state index in [9.17, 15) is 5.11 Å². The highest BCUT2D eigenvalue weighted by Crippen LogP contribution is 2.43. The van der Waals surface area contributed by atoms with Crippen molar-refractivity contribution < 1.29 is 5.11 Å². The van der Waals surface area contributed by atoms with E-state index in [1.807, 2.05) is 42.0 Å². The molecule has 2 aromatic rings. The Morgan fingerprint density at radius 2 is 1.58 bits per heavy atom. The number of hydrogen-bond acceptors (Lipinski definition) is 3. The first-order chi connectivity index (χ1) is 9.31. The molecule has 94 valence electrons. The minimum Gasteiger partial charge on any atom is -0.508 e. The summed E-state index contributed by atoms with van der Waals surface area (Å²) in [5, 5.41) is 11.5. The summed E-state index contributed by atoms with van der Waals surface area (Å²) >= 11 is 1.71. The van der Waals surface area contributed by atoms with Crippen molar-refractivity contribution in [2.24, 2.45) is 4.99 Å². The maximum absolute atomic E-state index is 9.46. The minimum atomic E-state index is -0.316. The molecule has 0 aliphatic carbocycles. The van der Waals surface area contributed by atoms with Crippen molar-refractivity contribution in [3.05, 3.63) is 77.3 Å². The second-order valence-electron chi connectivity index (χ2n) is 4.33. The Morgan fingerprint density at radius 3 is 2.21 bits per heavy atom. The number of hydrogen-bond donors (Lipinski definition) is 1. The van der Waals surface area contributed by atoms with Gasteiger partial charge >= 0.3 is 0 Å². The Kier molecular flexibility index (Phi) is 3.13. The zero-order chi connectivity index (χ0) is 13.1. The van der Waals surface area contributed by atoms with Crippen LogP contribution in [-0.2, 0) is 4.75 Å². The number of thioether (sulfide) groups is 1. The molecule has 1 heterocycles. The van der Waals surface area contributed by atoms with Gasteiger partial charge in [-0.05, 0) is 28.7 Å². The van der Waals surface area contributed by atoms with Crippen LogP contribution in [-0.4, -0.2) is 11.3 Å². The Hall–Kier alpha value is -2.00. The van der Waals surface area contributed by atoms with E-state index in [2.05, 4.69) is 17.1 Å². The Morgan fingerprint density at radius 1 is 0.895 bits per heavy atom. The van der Waals surface area contributed by atoms with E-state index in [0.29, 0.717) is 0 Å². The van der Waals surface area contributed by atoms with Gasteiger partial charge in [-0.1, -0.05) is 42.5 Å². The Labute approximate surface area is 116 Å². The molecule has 1 N–H and O–H groups in total. The summed E-state index contributed by atoms with van der Waals surface area (Å²) in [5.41, 5.74) is 2.29. The Bertz CT molecular complexity index is 619. The summed E-state index contributed by atoms with van der Waals surface area (Å²) < 4.78 is -0.316. The molecular formula is C16H13NOS. The molecule has 0 aromatic heterocycles. The molecule has 1 aliphatic rings. The van der Waals surface area contributed by atoms with Gasteiger partial charge in [0.1, 0.15) is 10.5 Å². The van der Waals surface area contributed by atoms with Crippen LogP contribution in [0.15, 0.2) is 71.2 Å². The minimum absolute atomic E-state index is 0.278. The highest BCUT2D eigenvalue weighted by Gasteiger charge is 2.33. The number of phenols is 1. The van der Waals surface area contributed by atoms with Gasteiger partial charge < -0.3 is 5.11 Å². The molecule has 1 atom stereocenters. The van der Waals surface area contributed by atoms with E-state index < -0.39 is 0 Å². The maximum atomic E-state index is 9.46. The first-order valence-corrected chi connectivity index (χ1v) is 6.91. The van der Waals surface area contributed by atoms with Crippen molar-refractivity contribution in [1.82, 2.24) is 0 Å². The van der Waals surface area contributed by atoms with Crippen molar-refractivity contribution >= 4 is 18.0 Å². The van der Waals surface area contributed by atoms with Crippen LogP contribution in [0.2, 0.25) is 0 Å². The highest BCUT2D eigenvalue weighted by atomic mass is 32.2. The fourth-order valence-corrected chi connectivity index (χ4v) is 3.21. The molecule has 0 bridgehead atoms. The first kappa shape index (κ1) is 12.1. The van der Waals surface area contributed by atoms with Gasteiger partial charge in [-0.2, -0.15) is 0 Å². The van der Waals surface area contributed by atoms with Crippen LogP contribution in [0.25, 0.3) is 0 Å². The summed E-state index contributed by atoms with van der Waals surface area (Å²) in [6, 6.07) is 17.6. The lowest BCUT2D eigenvalue weighted by molar-refractivity contribution is 0.475. The van der Waals surface area contributed by atoms with Crippen LogP contribution < -0.4 is 0 Å². The monoisotopic (exact) mass is 267 g/mol. The molecule has 2 aromatic carbocycles. The number of rotatable bonds is 2. The summed E-state index contributed by atoms with van der Waals surface area (Å²) in [6.45, 7) is 0. The van der Waals surface area contributed by atoms with E-state index in [1.54, 1.807) is 30.1 Å². The average Bonchev–Trinajstić information content (AvgIpc) is 2.49. The van der Waals surface area contributed by atoms with Crippen molar-refractivity contribution in [2.45, 2.75) is 4.75 Å². The zero-order valence-corrected chi connectivity index (χ0v) is 11.0. The number of benzene rings is 2. The van der Waals surface area contributed by atoms with Crippen molar-refractivity contribution in [3.8, 4) is 5.75 Å². The molecule has 0 spiro atoms. The summed E-state index contributed by atoms with van der Waals surface area (Å²) in [7, 11) is 0. The van der Waals surface area contributed by atoms with Crippen LogP contribution >= 0.6 is 11.8 Å². The van der Waals surface area contributed by atoms with E-state index in [4.69, 9.17) is 0 Å². The number of aliphatic imine (C=N–C) groups is 1. The molecule has 2 nitrogen and oxygen atoms in total. The normalized spacial score (nSPS) is 21.5. The lowest BCUT2D eigenvalue weighted by Crippen LogP contribution is -2.25. The third-order valence-electron chi connectivity index (χ3n) is 3.16. The summed E-state index contributed by atoms with van der Waals surface area (Å²) in [6.07, 6.45) is 3.76. The fourth-order valence-electron chi connectivity index (χ4n) is 2.20. The van der Waals surface area contributed by atoms with Gasteiger partial charge in [0.25, 0.3) is 0 Å². The zero-order valence-electron chi connectivity index (χ0n) is 10.2. The molecule has 3 heteroatoms. The van der Waals surface area contributed by atoms with Crippen molar-refractivity contribution in [3.63, 3.8) is 0 Å². The number of nitrogens with zero attached hydrogens (tertiary/aromatic N) is 1. The second kappa shape index (κ2) is 4.94. The molecule has 1 aliphatic heterocycles. The summed E-state index contributed by atoms with van der Waals surface area (Å²) in [5.74, 6) is 0.278. The van der Waals surface area contributed by atoms with Gasteiger partial charge in [0.15, 0.2) is 0 Å². The second-order valence-corrected chi connectivity index (χ2v) is 5.48. The van der Waals surface area contributed by atoms with Crippen LogP contribution in [0, 0.1) is 0 Å². The molecule has 19 heavy (non-hydrogen) atoms. The summed E-state index contributed by atoms with van der Waals surface area (Å²) in [4.78, 5) is 4.32. The molecule has 0 fully saturated rings. The molecule has 0 amide bonds. The molecule has 1 unspecified atom stereocenters. The van der Waals surface area contributed by atoms with Crippen LogP contribution in [0.3, 0.4) is 0 Å². The number of aromatic hydroxyl groups is 1. The van der Waals surface area contributed by atoms with Gasteiger partial charge in [-0.3, -0.25) is 4.99 Å². The van der Waals surface area contributed by atoms with Crippen LogP contribution in [0.4, 0.5) is 0 Å². The first-order valence-electron chi connectivity index (χ1n) is 6.03. The highest BCUT2D eigenvalue weighted by molar-refractivity contribution is 8.03. The smallest absolute Gasteiger partial charge is 0.115 e. The quantitative estimate of drug-likeness (QED) is 0.894. The topological polar surface area (TPSA) is 32.6 Å². The van der Waals surface area contributed by atoms with Crippen molar-refractivity contribution in [2.75, 3.05) is 0 Å². The predicted molar refractivity (Wildman–Crippen MR) is 80.6 cm³/mol. The van der Waals surface area contributed by atoms with E-state index in [-0.39, 0.29) is 10.5 Å². The number of phenolic OH excluding ortho intramolecular Hbond substituents is 1.